The molecule has 0 saturated heterocycles. The normalized spacial score (nSPS) is 41.1. The first-order valence-corrected chi connectivity index (χ1v) is 4.97. The Kier molecular flexibility index (Phi) is 3.00. The van der Waals surface area contributed by atoms with Gasteiger partial charge in [-0.1, -0.05) is 13.8 Å². The minimum atomic E-state index is -0.557. The molecule has 1 fully saturated rings. The Hall–Kier alpha value is -0.120. The Morgan fingerprint density at radius 1 is 1.15 bits per heavy atom. The summed E-state index contributed by atoms with van der Waals surface area (Å²) in [5.74, 6) is 0.274. The fourth-order valence-electron chi connectivity index (χ4n) is 1.88. The van der Waals surface area contributed by atoms with Gasteiger partial charge in [0.2, 0.25) is 0 Å². The molecule has 0 aliphatic heterocycles. The van der Waals surface area contributed by atoms with E-state index in [2.05, 4.69) is 4.89 Å². The maximum atomic E-state index is 10.1. The molecule has 3 heteroatoms. The Morgan fingerprint density at radius 3 is 1.92 bits per heavy atom. The lowest BCUT2D eigenvalue weighted by Gasteiger charge is -2.42. The van der Waals surface area contributed by atoms with Gasteiger partial charge in [-0.15, -0.1) is 0 Å². The van der Waals surface area contributed by atoms with Gasteiger partial charge in [-0.25, -0.2) is 4.89 Å². The Morgan fingerprint density at radius 2 is 1.62 bits per heavy atom. The highest BCUT2D eigenvalue weighted by Gasteiger charge is 2.41. The first kappa shape index (κ1) is 11.0. The fourth-order valence-corrected chi connectivity index (χ4v) is 1.88. The summed E-state index contributed by atoms with van der Waals surface area (Å²) in [7, 11) is 0. The van der Waals surface area contributed by atoms with E-state index in [-0.39, 0.29) is 5.92 Å². The SMILES string of the molecule is CC(C)C1(O)CCC(C)(OO)CC1. The maximum absolute atomic E-state index is 10.1. The molecule has 0 atom stereocenters. The molecule has 1 aliphatic carbocycles. The zero-order valence-corrected chi connectivity index (χ0v) is 8.71. The van der Waals surface area contributed by atoms with Crippen molar-refractivity contribution in [2.45, 2.75) is 57.7 Å². The van der Waals surface area contributed by atoms with Crippen molar-refractivity contribution in [3.63, 3.8) is 0 Å². The molecule has 0 radical (unpaired) electrons. The van der Waals surface area contributed by atoms with E-state index in [0.717, 1.165) is 12.8 Å². The molecule has 0 amide bonds. The topological polar surface area (TPSA) is 49.7 Å². The summed E-state index contributed by atoms with van der Waals surface area (Å²) in [5, 5.41) is 18.8. The van der Waals surface area contributed by atoms with Gasteiger partial charge in [0.15, 0.2) is 0 Å². The van der Waals surface area contributed by atoms with E-state index in [1.165, 1.54) is 0 Å². The zero-order valence-electron chi connectivity index (χ0n) is 8.71. The molecule has 78 valence electrons. The number of aliphatic hydroxyl groups is 1. The molecular formula is C10H20O3. The molecular weight excluding hydrogens is 168 g/mol. The van der Waals surface area contributed by atoms with E-state index in [0.29, 0.717) is 12.8 Å². The van der Waals surface area contributed by atoms with Crippen molar-refractivity contribution in [2.75, 3.05) is 0 Å². The standard InChI is InChI=1S/C10H20O3/c1-8(2)10(11)6-4-9(3,13-12)5-7-10/h8,11-12H,4-7H2,1-3H3. The van der Waals surface area contributed by atoms with Gasteiger partial charge in [0.05, 0.1) is 5.60 Å². The summed E-state index contributed by atoms with van der Waals surface area (Å²) >= 11 is 0. The minimum absolute atomic E-state index is 0.274. The number of hydrogen-bond donors (Lipinski definition) is 2. The quantitative estimate of drug-likeness (QED) is 0.516. The Labute approximate surface area is 79.6 Å². The minimum Gasteiger partial charge on any atom is -0.390 e. The second kappa shape index (κ2) is 3.56. The monoisotopic (exact) mass is 188 g/mol. The highest BCUT2D eigenvalue weighted by atomic mass is 17.1. The predicted octanol–water partition coefficient (Wildman–Crippen LogP) is 2.20. The van der Waals surface area contributed by atoms with Crippen molar-refractivity contribution in [2.24, 2.45) is 5.92 Å². The third kappa shape index (κ3) is 2.22. The number of rotatable bonds is 2. The second-order valence-electron chi connectivity index (χ2n) is 4.80. The van der Waals surface area contributed by atoms with E-state index >= 15 is 0 Å². The average molecular weight is 188 g/mol. The third-order valence-corrected chi connectivity index (χ3v) is 3.47. The predicted molar refractivity (Wildman–Crippen MR) is 50.4 cm³/mol. The average Bonchev–Trinajstić information content (AvgIpc) is 2.11. The molecule has 0 bridgehead atoms. The molecule has 1 rings (SSSR count). The van der Waals surface area contributed by atoms with Crippen LogP contribution in [0.2, 0.25) is 0 Å². The summed E-state index contributed by atoms with van der Waals surface area (Å²) < 4.78 is 0. The van der Waals surface area contributed by atoms with Crippen molar-refractivity contribution in [1.29, 1.82) is 0 Å². The van der Waals surface area contributed by atoms with Gasteiger partial charge in [0, 0.05) is 0 Å². The van der Waals surface area contributed by atoms with Crippen molar-refractivity contribution < 1.29 is 15.3 Å². The molecule has 0 aromatic heterocycles. The van der Waals surface area contributed by atoms with Crippen molar-refractivity contribution in [1.82, 2.24) is 0 Å². The van der Waals surface area contributed by atoms with Crippen LogP contribution in [0.3, 0.4) is 0 Å². The summed E-state index contributed by atoms with van der Waals surface area (Å²) in [5.41, 5.74) is -1.00. The van der Waals surface area contributed by atoms with Crippen molar-refractivity contribution >= 4 is 0 Å². The first-order chi connectivity index (χ1) is 5.92. The van der Waals surface area contributed by atoms with Gasteiger partial charge < -0.3 is 5.11 Å². The van der Waals surface area contributed by atoms with Crippen molar-refractivity contribution in [3.8, 4) is 0 Å². The van der Waals surface area contributed by atoms with Crippen LogP contribution in [0.25, 0.3) is 0 Å². The lowest BCUT2D eigenvalue weighted by atomic mass is 9.72. The molecule has 0 unspecified atom stereocenters. The highest BCUT2D eigenvalue weighted by Crippen LogP contribution is 2.40. The van der Waals surface area contributed by atoms with E-state index < -0.39 is 11.2 Å². The first-order valence-electron chi connectivity index (χ1n) is 4.97. The van der Waals surface area contributed by atoms with Gasteiger partial charge in [0.1, 0.15) is 5.60 Å². The van der Waals surface area contributed by atoms with Gasteiger partial charge in [-0.05, 0) is 38.5 Å². The zero-order chi connectivity index (χ0) is 10.1. The van der Waals surface area contributed by atoms with Crippen LogP contribution in [0.5, 0.6) is 0 Å². The Bertz CT molecular complexity index is 169. The molecule has 0 aromatic rings. The van der Waals surface area contributed by atoms with Crippen LogP contribution in [0.1, 0.15) is 46.5 Å². The van der Waals surface area contributed by atoms with Gasteiger partial charge >= 0.3 is 0 Å². The lowest BCUT2D eigenvalue weighted by Crippen LogP contribution is -2.45. The van der Waals surface area contributed by atoms with Gasteiger partial charge in [-0.2, -0.15) is 0 Å². The second-order valence-corrected chi connectivity index (χ2v) is 4.80. The summed E-state index contributed by atoms with van der Waals surface area (Å²) in [6, 6.07) is 0. The van der Waals surface area contributed by atoms with Crippen LogP contribution in [-0.4, -0.2) is 21.6 Å². The van der Waals surface area contributed by atoms with Crippen LogP contribution in [0.15, 0.2) is 0 Å². The largest absolute Gasteiger partial charge is 0.390 e. The molecule has 13 heavy (non-hydrogen) atoms. The molecule has 1 aliphatic rings. The van der Waals surface area contributed by atoms with Crippen LogP contribution >= 0.6 is 0 Å². The summed E-state index contributed by atoms with van der Waals surface area (Å²) in [6.07, 6.45) is 2.86. The third-order valence-electron chi connectivity index (χ3n) is 3.47. The molecule has 1 saturated carbocycles. The molecule has 3 nitrogen and oxygen atoms in total. The van der Waals surface area contributed by atoms with Gasteiger partial charge in [0.25, 0.3) is 0 Å². The van der Waals surface area contributed by atoms with Crippen LogP contribution < -0.4 is 0 Å². The smallest absolute Gasteiger partial charge is 0.101 e. The lowest BCUT2D eigenvalue weighted by molar-refractivity contribution is -0.331. The van der Waals surface area contributed by atoms with Crippen LogP contribution in [0.4, 0.5) is 0 Å². The summed E-state index contributed by atoms with van der Waals surface area (Å²) in [6.45, 7) is 5.94. The highest BCUT2D eigenvalue weighted by molar-refractivity contribution is 4.93. The van der Waals surface area contributed by atoms with E-state index in [4.69, 9.17) is 5.26 Å². The molecule has 0 aromatic carbocycles. The molecule has 0 heterocycles. The maximum Gasteiger partial charge on any atom is 0.101 e. The summed E-state index contributed by atoms with van der Waals surface area (Å²) in [4.78, 5) is 4.44. The molecule has 2 N–H and O–H groups in total. The van der Waals surface area contributed by atoms with Gasteiger partial charge in [-0.3, -0.25) is 5.26 Å². The fraction of sp³-hybridized carbons (Fsp3) is 1.00. The van der Waals surface area contributed by atoms with E-state index in [1.54, 1.807) is 0 Å². The van der Waals surface area contributed by atoms with E-state index in [9.17, 15) is 5.11 Å². The van der Waals surface area contributed by atoms with Crippen LogP contribution in [0, 0.1) is 5.92 Å². The molecule has 0 spiro atoms. The van der Waals surface area contributed by atoms with Crippen LogP contribution in [-0.2, 0) is 4.89 Å². The van der Waals surface area contributed by atoms with E-state index in [1.807, 2.05) is 20.8 Å². The van der Waals surface area contributed by atoms with Crippen molar-refractivity contribution in [3.05, 3.63) is 0 Å². The number of hydrogen-bond acceptors (Lipinski definition) is 3. The Balaban J connectivity index is 2.56.